The Balaban J connectivity index is 2.03. The Kier molecular flexibility index (Phi) is 3.30. The molecule has 100 valence electrons. The van der Waals surface area contributed by atoms with E-state index in [1.165, 1.54) is 0 Å². The minimum Gasteiger partial charge on any atom is -0.444 e. The molecule has 1 aromatic heterocycles. The van der Waals surface area contributed by atoms with Crippen molar-refractivity contribution < 1.29 is 9.53 Å². The van der Waals surface area contributed by atoms with Crippen molar-refractivity contribution in [3.8, 4) is 0 Å². The second-order valence-corrected chi connectivity index (χ2v) is 5.49. The number of hydrogen-bond donors (Lipinski definition) is 2. The van der Waals surface area contributed by atoms with Gasteiger partial charge in [-0.15, -0.1) is 0 Å². The van der Waals surface area contributed by atoms with Crippen LogP contribution in [0.5, 0.6) is 0 Å². The standard InChI is InChI=1S/C12H20N4O2/c1-12(2,3)18-11(17)16-6-8-9(5-13-4)14-15-10(8)7-16/h13H,5-7H2,1-4H3,(H,14,15). The number of H-pyrrole nitrogens is 1. The van der Waals surface area contributed by atoms with Gasteiger partial charge >= 0.3 is 6.09 Å². The van der Waals surface area contributed by atoms with Gasteiger partial charge in [0.15, 0.2) is 0 Å². The predicted molar refractivity (Wildman–Crippen MR) is 66.8 cm³/mol. The van der Waals surface area contributed by atoms with E-state index in [4.69, 9.17) is 4.74 Å². The smallest absolute Gasteiger partial charge is 0.410 e. The molecule has 0 atom stereocenters. The molecule has 0 radical (unpaired) electrons. The predicted octanol–water partition coefficient (Wildman–Crippen LogP) is 1.38. The summed E-state index contributed by atoms with van der Waals surface area (Å²) in [6.45, 7) is 7.42. The molecule has 0 spiro atoms. The molecule has 6 heteroatoms. The quantitative estimate of drug-likeness (QED) is 0.834. The van der Waals surface area contributed by atoms with Gasteiger partial charge in [-0.25, -0.2) is 4.79 Å². The molecular weight excluding hydrogens is 232 g/mol. The zero-order valence-corrected chi connectivity index (χ0v) is 11.3. The van der Waals surface area contributed by atoms with Crippen LogP contribution in [0.3, 0.4) is 0 Å². The van der Waals surface area contributed by atoms with Gasteiger partial charge in [0.25, 0.3) is 0 Å². The van der Waals surface area contributed by atoms with Crippen LogP contribution in [0.25, 0.3) is 0 Å². The molecule has 0 aliphatic carbocycles. The number of carbonyl (C=O) groups is 1. The van der Waals surface area contributed by atoms with Crippen LogP contribution in [-0.2, 0) is 24.4 Å². The number of nitrogens with zero attached hydrogens (tertiary/aromatic N) is 2. The molecule has 0 aromatic carbocycles. The number of aromatic amines is 1. The Hall–Kier alpha value is -1.56. The molecule has 1 aliphatic rings. The van der Waals surface area contributed by atoms with Crippen LogP contribution < -0.4 is 5.32 Å². The lowest BCUT2D eigenvalue weighted by Crippen LogP contribution is -2.33. The first-order valence-corrected chi connectivity index (χ1v) is 6.08. The van der Waals surface area contributed by atoms with E-state index < -0.39 is 5.60 Å². The lowest BCUT2D eigenvalue weighted by Gasteiger charge is -2.24. The van der Waals surface area contributed by atoms with Crippen LogP contribution >= 0.6 is 0 Å². The van der Waals surface area contributed by atoms with Crippen LogP contribution in [0.1, 0.15) is 37.7 Å². The molecule has 0 saturated carbocycles. The molecule has 0 fully saturated rings. The van der Waals surface area contributed by atoms with Gasteiger partial charge in [-0.3, -0.25) is 10.00 Å². The second kappa shape index (κ2) is 4.61. The lowest BCUT2D eigenvalue weighted by atomic mass is 10.2. The van der Waals surface area contributed by atoms with Gasteiger partial charge < -0.3 is 10.1 Å². The van der Waals surface area contributed by atoms with Crippen molar-refractivity contribution in [3.63, 3.8) is 0 Å². The Morgan fingerprint density at radius 3 is 2.83 bits per heavy atom. The monoisotopic (exact) mass is 252 g/mol. The fourth-order valence-corrected chi connectivity index (χ4v) is 1.97. The van der Waals surface area contributed by atoms with Crippen molar-refractivity contribution >= 4 is 6.09 Å². The third kappa shape index (κ3) is 2.64. The fraction of sp³-hybridized carbons (Fsp3) is 0.667. The third-order valence-electron chi connectivity index (χ3n) is 2.73. The van der Waals surface area contributed by atoms with Crippen molar-refractivity contribution in [2.75, 3.05) is 7.05 Å². The summed E-state index contributed by atoms with van der Waals surface area (Å²) >= 11 is 0. The van der Waals surface area contributed by atoms with Crippen molar-refractivity contribution in [2.24, 2.45) is 0 Å². The molecule has 1 amide bonds. The molecular formula is C12H20N4O2. The summed E-state index contributed by atoms with van der Waals surface area (Å²) in [5, 5.41) is 10.3. The van der Waals surface area contributed by atoms with E-state index in [1.807, 2.05) is 27.8 Å². The van der Waals surface area contributed by atoms with Gasteiger partial charge in [0, 0.05) is 12.1 Å². The van der Waals surface area contributed by atoms with E-state index in [0.717, 1.165) is 17.0 Å². The molecule has 0 saturated heterocycles. The Morgan fingerprint density at radius 2 is 2.22 bits per heavy atom. The maximum atomic E-state index is 12.0. The highest BCUT2D eigenvalue weighted by Crippen LogP contribution is 2.25. The van der Waals surface area contributed by atoms with Gasteiger partial charge in [-0.05, 0) is 27.8 Å². The van der Waals surface area contributed by atoms with Crippen molar-refractivity contribution in [2.45, 2.75) is 46.0 Å². The highest BCUT2D eigenvalue weighted by molar-refractivity contribution is 5.69. The Bertz CT molecular complexity index is 447. The summed E-state index contributed by atoms with van der Waals surface area (Å²) < 4.78 is 5.36. The summed E-state index contributed by atoms with van der Waals surface area (Å²) in [6, 6.07) is 0. The number of aromatic nitrogens is 2. The van der Waals surface area contributed by atoms with Crippen molar-refractivity contribution in [3.05, 3.63) is 17.0 Å². The summed E-state index contributed by atoms with van der Waals surface area (Å²) in [5.74, 6) is 0. The van der Waals surface area contributed by atoms with Crippen LogP contribution in [0.2, 0.25) is 0 Å². The maximum Gasteiger partial charge on any atom is 0.410 e. The number of nitrogens with one attached hydrogen (secondary N) is 2. The number of ether oxygens (including phenoxy) is 1. The number of carbonyl (C=O) groups excluding carboxylic acids is 1. The third-order valence-corrected chi connectivity index (χ3v) is 2.73. The minimum absolute atomic E-state index is 0.275. The summed E-state index contributed by atoms with van der Waals surface area (Å²) in [5.41, 5.74) is 2.62. The summed E-state index contributed by atoms with van der Waals surface area (Å²) in [4.78, 5) is 13.6. The van der Waals surface area contributed by atoms with E-state index in [1.54, 1.807) is 4.90 Å². The van der Waals surface area contributed by atoms with Crippen molar-refractivity contribution in [1.82, 2.24) is 20.4 Å². The molecule has 1 aliphatic heterocycles. The highest BCUT2D eigenvalue weighted by Gasteiger charge is 2.30. The van der Waals surface area contributed by atoms with Crippen LogP contribution in [-0.4, -0.2) is 33.8 Å². The maximum absolute atomic E-state index is 12.0. The van der Waals surface area contributed by atoms with Crippen LogP contribution in [0.15, 0.2) is 0 Å². The van der Waals surface area contributed by atoms with E-state index in [-0.39, 0.29) is 6.09 Å². The molecule has 1 aromatic rings. The van der Waals surface area contributed by atoms with E-state index in [2.05, 4.69) is 15.5 Å². The van der Waals surface area contributed by atoms with Gasteiger partial charge in [0.2, 0.25) is 0 Å². The normalized spacial score (nSPS) is 14.8. The molecule has 0 bridgehead atoms. The summed E-state index contributed by atoms with van der Waals surface area (Å²) in [7, 11) is 1.88. The highest BCUT2D eigenvalue weighted by atomic mass is 16.6. The number of amides is 1. The summed E-state index contributed by atoms with van der Waals surface area (Å²) in [6.07, 6.45) is -0.275. The number of hydrogen-bond acceptors (Lipinski definition) is 4. The SMILES string of the molecule is CNCc1n[nH]c2c1CN(C(=O)OC(C)(C)C)C2. The first-order chi connectivity index (χ1) is 8.40. The average molecular weight is 252 g/mol. The molecule has 2 N–H and O–H groups in total. The van der Waals surface area contributed by atoms with Gasteiger partial charge in [0.1, 0.15) is 5.60 Å². The van der Waals surface area contributed by atoms with Crippen molar-refractivity contribution in [1.29, 1.82) is 0 Å². The number of fused-ring (bicyclic) bond motifs is 1. The zero-order chi connectivity index (χ0) is 13.3. The molecule has 6 nitrogen and oxygen atoms in total. The van der Waals surface area contributed by atoms with Gasteiger partial charge in [0.05, 0.1) is 24.5 Å². The molecule has 2 heterocycles. The van der Waals surface area contributed by atoms with Crippen LogP contribution in [0, 0.1) is 0 Å². The second-order valence-electron chi connectivity index (χ2n) is 5.49. The zero-order valence-electron chi connectivity index (χ0n) is 11.3. The lowest BCUT2D eigenvalue weighted by molar-refractivity contribution is 0.0239. The van der Waals surface area contributed by atoms with Gasteiger partial charge in [-0.1, -0.05) is 0 Å². The van der Waals surface area contributed by atoms with E-state index >= 15 is 0 Å². The average Bonchev–Trinajstić information content (AvgIpc) is 2.77. The first kappa shape index (κ1) is 12.9. The topological polar surface area (TPSA) is 70.2 Å². The number of rotatable bonds is 2. The Morgan fingerprint density at radius 1 is 1.50 bits per heavy atom. The molecule has 18 heavy (non-hydrogen) atoms. The van der Waals surface area contributed by atoms with E-state index in [0.29, 0.717) is 19.6 Å². The molecule has 2 rings (SSSR count). The molecule has 0 unspecified atom stereocenters. The minimum atomic E-state index is -0.459. The first-order valence-electron chi connectivity index (χ1n) is 6.08. The van der Waals surface area contributed by atoms with Gasteiger partial charge in [-0.2, -0.15) is 5.10 Å². The fourth-order valence-electron chi connectivity index (χ4n) is 1.97. The Labute approximate surface area is 107 Å². The largest absolute Gasteiger partial charge is 0.444 e. The van der Waals surface area contributed by atoms with Crippen LogP contribution in [0.4, 0.5) is 4.79 Å². The van der Waals surface area contributed by atoms with E-state index in [9.17, 15) is 4.79 Å².